The molecule has 0 N–H and O–H groups in total. The maximum Gasteiger partial charge on any atom is 0.306 e. The zero-order valence-electron chi connectivity index (χ0n) is 7.67. The summed E-state index contributed by atoms with van der Waals surface area (Å²) in [6.45, 7) is 0. The highest BCUT2D eigenvalue weighted by molar-refractivity contribution is 5.60. The lowest BCUT2D eigenvalue weighted by Crippen LogP contribution is -2.20. The highest BCUT2D eigenvalue weighted by Gasteiger charge is 2.27. The molecule has 0 heterocycles. The van der Waals surface area contributed by atoms with Crippen molar-refractivity contribution in [1.82, 2.24) is 0 Å². The minimum absolute atomic E-state index is 0.336. The molecule has 0 aliphatic carbocycles. The molecule has 0 unspecified atom stereocenters. The third-order valence-electron chi connectivity index (χ3n) is 1.77. The molecule has 0 bridgehead atoms. The quantitative estimate of drug-likeness (QED) is 0.695. The third kappa shape index (κ3) is 2.80. The fraction of sp³-hybridized carbons (Fsp3) is 0.300. The van der Waals surface area contributed by atoms with Crippen molar-refractivity contribution in [3.63, 3.8) is 0 Å². The second-order valence-corrected chi connectivity index (χ2v) is 2.90. The van der Waals surface area contributed by atoms with Gasteiger partial charge in [0.2, 0.25) is 0 Å². The molecule has 0 radical (unpaired) electrons. The molecule has 0 atom stereocenters. The predicted molar refractivity (Wildman–Crippen MR) is 47.7 cm³/mol. The van der Waals surface area contributed by atoms with Crippen molar-refractivity contribution in [3.05, 3.63) is 29.8 Å². The van der Waals surface area contributed by atoms with Crippen LogP contribution in [0.25, 0.3) is 0 Å². The second kappa shape index (κ2) is 4.17. The molecular formula is C10H10F2O2. The topological polar surface area (TPSA) is 26.3 Å². The SMILES string of the molecule is COc1ccc(CC(F)(F)C=O)cc1. The standard InChI is InChI=1S/C10H10F2O2/c1-14-9-4-2-8(3-5-9)6-10(11,12)7-13/h2-5,7H,6H2,1H3. The van der Waals surface area contributed by atoms with Gasteiger partial charge in [-0.3, -0.25) is 4.79 Å². The van der Waals surface area contributed by atoms with E-state index < -0.39 is 12.3 Å². The lowest BCUT2D eigenvalue weighted by atomic mass is 10.1. The number of halogens is 2. The number of aldehydes is 1. The zero-order chi connectivity index (χ0) is 10.6. The van der Waals surface area contributed by atoms with Gasteiger partial charge in [-0.25, -0.2) is 0 Å². The summed E-state index contributed by atoms with van der Waals surface area (Å²) in [5.74, 6) is -2.68. The average Bonchev–Trinajstić information content (AvgIpc) is 2.19. The van der Waals surface area contributed by atoms with E-state index in [0.717, 1.165) is 0 Å². The number of carbonyl (C=O) groups is 1. The highest BCUT2D eigenvalue weighted by atomic mass is 19.3. The first-order valence-electron chi connectivity index (χ1n) is 4.04. The van der Waals surface area contributed by atoms with Crippen LogP contribution in [-0.4, -0.2) is 19.3 Å². The van der Waals surface area contributed by atoms with E-state index in [1.165, 1.54) is 19.2 Å². The first-order chi connectivity index (χ1) is 6.57. The van der Waals surface area contributed by atoms with Crippen LogP contribution >= 0.6 is 0 Å². The second-order valence-electron chi connectivity index (χ2n) is 2.90. The number of carbonyl (C=O) groups excluding carboxylic acids is 1. The van der Waals surface area contributed by atoms with Crippen LogP contribution in [0.2, 0.25) is 0 Å². The highest BCUT2D eigenvalue weighted by Crippen LogP contribution is 2.19. The summed E-state index contributed by atoms with van der Waals surface area (Å²) in [4.78, 5) is 9.98. The van der Waals surface area contributed by atoms with E-state index in [1.54, 1.807) is 12.1 Å². The fourth-order valence-corrected chi connectivity index (χ4v) is 1.06. The van der Waals surface area contributed by atoms with Crippen molar-refractivity contribution in [2.45, 2.75) is 12.3 Å². The predicted octanol–water partition coefficient (Wildman–Crippen LogP) is 2.07. The van der Waals surface area contributed by atoms with Gasteiger partial charge in [-0.2, -0.15) is 8.78 Å². The van der Waals surface area contributed by atoms with E-state index in [4.69, 9.17) is 4.74 Å². The van der Waals surface area contributed by atoms with E-state index in [9.17, 15) is 13.6 Å². The summed E-state index contributed by atoms with van der Waals surface area (Å²) < 4.78 is 30.1. The molecule has 2 nitrogen and oxygen atoms in total. The van der Waals surface area contributed by atoms with E-state index in [2.05, 4.69) is 0 Å². The Morgan fingerprint density at radius 3 is 2.36 bits per heavy atom. The number of ether oxygens (including phenoxy) is 1. The third-order valence-corrected chi connectivity index (χ3v) is 1.77. The molecule has 0 aromatic heterocycles. The Balaban J connectivity index is 2.73. The molecule has 0 saturated carbocycles. The summed E-state index contributed by atoms with van der Waals surface area (Å²) in [5.41, 5.74) is 0.405. The van der Waals surface area contributed by atoms with Crippen molar-refractivity contribution in [3.8, 4) is 5.75 Å². The van der Waals surface area contributed by atoms with Crippen LogP contribution in [0.15, 0.2) is 24.3 Å². The number of hydrogen-bond acceptors (Lipinski definition) is 2. The molecule has 4 heteroatoms. The molecular weight excluding hydrogens is 190 g/mol. The van der Waals surface area contributed by atoms with E-state index >= 15 is 0 Å². The number of hydrogen-bond donors (Lipinski definition) is 0. The minimum Gasteiger partial charge on any atom is -0.497 e. The maximum absolute atomic E-state index is 12.6. The smallest absolute Gasteiger partial charge is 0.306 e. The number of alkyl halides is 2. The Bertz CT molecular complexity index is 306. The van der Waals surface area contributed by atoms with Crippen LogP contribution in [0.1, 0.15) is 5.56 Å². The van der Waals surface area contributed by atoms with Gasteiger partial charge in [-0.05, 0) is 17.7 Å². The maximum atomic E-state index is 12.6. The van der Waals surface area contributed by atoms with Gasteiger partial charge in [0.05, 0.1) is 7.11 Å². The van der Waals surface area contributed by atoms with Crippen LogP contribution in [0.3, 0.4) is 0 Å². The molecule has 1 aromatic rings. The van der Waals surface area contributed by atoms with Gasteiger partial charge >= 0.3 is 5.92 Å². The van der Waals surface area contributed by atoms with Gasteiger partial charge in [0.25, 0.3) is 0 Å². The van der Waals surface area contributed by atoms with E-state index in [1.807, 2.05) is 0 Å². The first-order valence-corrected chi connectivity index (χ1v) is 4.04. The molecule has 14 heavy (non-hydrogen) atoms. The van der Waals surface area contributed by atoms with Crippen LogP contribution in [0.4, 0.5) is 8.78 Å². The minimum atomic E-state index is -3.28. The van der Waals surface area contributed by atoms with Gasteiger partial charge in [-0.15, -0.1) is 0 Å². The molecule has 0 aliphatic rings. The number of rotatable bonds is 4. The van der Waals surface area contributed by atoms with Gasteiger partial charge in [0, 0.05) is 6.42 Å². The largest absolute Gasteiger partial charge is 0.497 e. The number of methoxy groups -OCH3 is 1. The molecule has 1 rings (SSSR count). The van der Waals surface area contributed by atoms with Gasteiger partial charge < -0.3 is 4.74 Å². The monoisotopic (exact) mass is 200 g/mol. The summed E-state index contributed by atoms with van der Waals surface area (Å²) >= 11 is 0. The molecule has 0 spiro atoms. The lowest BCUT2D eigenvalue weighted by molar-refractivity contribution is -0.128. The normalized spacial score (nSPS) is 11.1. The Labute approximate surface area is 80.5 Å². The van der Waals surface area contributed by atoms with Crippen LogP contribution in [0.5, 0.6) is 5.75 Å². The van der Waals surface area contributed by atoms with Crippen molar-refractivity contribution >= 4 is 6.29 Å². The van der Waals surface area contributed by atoms with Crippen molar-refractivity contribution in [2.75, 3.05) is 7.11 Å². The van der Waals surface area contributed by atoms with Crippen LogP contribution in [-0.2, 0) is 11.2 Å². The van der Waals surface area contributed by atoms with Crippen LogP contribution in [0, 0.1) is 0 Å². The van der Waals surface area contributed by atoms with Gasteiger partial charge in [0.1, 0.15) is 5.75 Å². The van der Waals surface area contributed by atoms with Gasteiger partial charge in [0.15, 0.2) is 6.29 Å². The van der Waals surface area contributed by atoms with Crippen molar-refractivity contribution in [2.24, 2.45) is 0 Å². The number of benzene rings is 1. The molecule has 0 saturated heterocycles. The Morgan fingerprint density at radius 2 is 1.93 bits per heavy atom. The van der Waals surface area contributed by atoms with Crippen LogP contribution < -0.4 is 4.74 Å². The average molecular weight is 200 g/mol. The van der Waals surface area contributed by atoms with E-state index in [0.29, 0.717) is 11.3 Å². The summed E-state index contributed by atoms with van der Waals surface area (Å²) in [6.07, 6.45) is -0.905. The Kier molecular flexibility index (Phi) is 3.17. The molecule has 0 amide bonds. The van der Waals surface area contributed by atoms with Gasteiger partial charge in [-0.1, -0.05) is 12.1 Å². The van der Waals surface area contributed by atoms with Crippen molar-refractivity contribution in [1.29, 1.82) is 0 Å². The lowest BCUT2D eigenvalue weighted by Gasteiger charge is -2.08. The summed E-state index contributed by atoms with van der Waals surface area (Å²) in [7, 11) is 1.50. The zero-order valence-corrected chi connectivity index (χ0v) is 7.67. The Morgan fingerprint density at radius 1 is 1.36 bits per heavy atom. The molecule has 1 aromatic carbocycles. The summed E-state index contributed by atoms with van der Waals surface area (Å²) in [6, 6.07) is 6.18. The molecule has 76 valence electrons. The molecule has 0 aliphatic heterocycles. The summed E-state index contributed by atoms with van der Waals surface area (Å²) in [5, 5.41) is 0. The Hall–Kier alpha value is -1.45. The van der Waals surface area contributed by atoms with Crippen molar-refractivity contribution < 1.29 is 18.3 Å². The first kappa shape index (κ1) is 10.6. The fourth-order valence-electron chi connectivity index (χ4n) is 1.06. The van der Waals surface area contributed by atoms with E-state index in [-0.39, 0.29) is 6.29 Å². The molecule has 0 fully saturated rings.